The molecule has 23 heteroatoms. The third kappa shape index (κ3) is 11.5. The van der Waals surface area contributed by atoms with Gasteiger partial charge < -0.3 is 76.9 Å². The van der Waals surface area contributed by atoms with Crippen LogP contribution in [-0.4, -0.2) is 176 Å². The van der Waals surface area contributed by atoms with Crippen molar-refractivity contribution in [2.24, 2.45) is 0 Å². The molecule has 22 nitrogen and oxygen atoms in total. The molecular weight excluding hydrogens is 827 g/mol. The van der Waals surface area contributed by atoms with Crippen molar-refractivity contribution in [1.29, 1.82) is 0 Å². The third-order valence-electron chi connectivity index (χ3n) is 9.71. The Hall–Kier alpha value is -4.43. The highest BCUT2D eigenvalue weighted by molar-refractivity contribution is 6.03. The summed E-state index contributed by atoms with van der Waals surface area (Å²) in [6.45, 7) is 5.64. The predicted octanol–water partition coefficient (Wildman–Crippen LogP) is -0.863. The highest BCUT2D eigenvalue weighted by atomic mass is 19.1. The van der Waals surface area contributed by atoms with Gasteiger partial charge in [0.15, 0.2) is 48.9 Å². The van der Waals surface area contributed by atoms with Gasteiger partial charge in [-0.05, 0) is 26.0 Å². The maximum absolute atomic E-state index is 15.5. The minimum absolute atomic E-state index is 0.130. The summed E-state index contributed by atoms with van der Waals surface area (Å²) in [6, 6.07) is 5.08. The lowest BCUT2D eigenvalue weighted by atomic mass is 9.97. The number of hydrogen-bond donors (Lipinski definition) is 3. The van der Waals surface area contributed by atoms with Gasteiger partial charge in [0.2, 0.25) is 6.36 Å². The number of rotatable bonds is 13. The van der Waals surface area contributed by atoms with Crippen LogP contribution in [0.5, 0.6) is 0 Å². The van der Waals surface area contributed by atoms with E-state index in [-0.39, 0.29) is 6.61 Å². The van der Waals surface area contributed by atoms with E-state index in [2.05, 4.69) is 0 Å². The van der Waals surface area contributed by atoms with E-state index in [1.54, 1.807) is 13.8 Å². The van der Waals surface area contributed by atoms with E-state index < -0.39 is 158 Å². The van der Waals surface area contributed by atoms with Gasteiger partial charge in [0, 0.05) is 34.8 Å². The average Bonchev–Trinajstić information content (AvgIpc) is 3.18. The molecule has 0 aliphatic carbocycles. The maximum atomic E-state index is 15.5. The smallest absolute Gasteiger partial charge is 0.339 e. The molecule has 3 N–H and O–H groups in total. The number of aliphatic hydroxyl groups excluding tert-OH is 3. The fourth-order valence-corrected chi connectivity index (χ4v) is 7.06. The summed E-state index contributed by atoms with van der Waals surface area (Å²) in [4.78, 5) is 76.5. The molecule has 0 saturated carbocycles. The lowest BCUT2D eigenvalue weighted by molar-refractivity contribution is -0.368. The number of alkyl halides is 1. The van der Waals surface area contributed by atoms with Crippen molar-refractivity contribution in [2.45, 2.75) is 140 Å². The van der Waals surface area contributed by atoms with Crippen LogP contribution < -0.4 is 0 Å². The summed E-state index contributed by atoms with van der Waals surface area (Å²) in [7, 11) is 1.17. The molecule has 1 aromatic rings. The fraction of sp³-hybridized carbons (Fsp3) is 0.684. The van der Waals surface area contributed by atoms with Crippen molar-refractivity contribution >= 4 is 35.8 Å². The third-order valence-corrected chi connectivity index (χ3v) is 9.71. The Morgan fingerprint density at radius 2 is 1.23 bits per heavy atom. The summed E-state index contributed by atoms with van der Waals surface area (Å²) in [5.74, 6) is -7.29. The second-order valence-corrected chi connectivity index (χ2v) is 14.8. The lowest BCUT2D eigenvalue weighted by Crippen LogP contribution is -2.65. The number of methoxy groups -OCH3 is 1. The zero-order chi connectivity index (χ0) is 44.9. The van der Waals surface area contributed by atoms with Crippen LogP contribution in [0.1, 0.15) is 62.3 Å². The summed E-state index contributed by atoms with van der Waals surface area (Å²) in [5, 5.41) is 31.1. The van der Waals surface area contributed by atoms with E-state index in [4.69, 9.17) is 61.6 Å². The van der Waals surface area contributed by atoms with Crippen LogP contribution in [0.2, 0.25) is 0 Å². The standard InChI is InChI=1S/C38H49FO22/c1-15(40)53-27-22(59-37(32(56-18(4)43)29(27)54-16(2)41)51-12-21-24(44)25(45)26(46)36(49-7)58-21)13-50-34(47)19-10-8-9-11-20(19)35(48)60-31-30(55-17(3)42)28-23(57-33(31)39)14-52-38(5,6)61-28/h8-11,21-33,36-37,44-46H,12-14H2,1-7H3/t21-,22-,23-,24-,25+,26-,27-,28-,29+,30+,31-,32-,33?,36+,37-/m1/s1. The van der Waals surface area contributed by atoms with Gasteiger partial charge in [-0.2, -0.15) is 0 Å². The molecule has 0 radical (unpaired) electrons. The number of ether oxygens (including phenoxy) is 13. The topological polar surface area (TPSA) is 283 Å². The molecule has 1 aromatic carbocycles. The average molecular weight is 877 g/mol. The normalized spacial score (nSPS) is 35.7. The van der Waals surface area contributed by atoms with E-state index in [9.17, 15) is 44.1 Å². The minimum atomic E-state index is -2.33. The number of esters is 6. The molecule has 4 fully saturated rings. The van der Waals surface area contributed by atoms with Gasteiger partial charge in [-0.15, -0.1) is 0 Å². The molecular formula is C38H49FO22. The second kappa shape index (κ2) is 20.2. The first kappa shape index (κ1) is 47.6. The first-order chi connectivity index (χ1) is 28.7. The maximum Gasteiger partial charge on any atom is 0.339 e. The minimum Gasteiger partial charge on any atom is -0.459 e. The van der Waals surface area contributed by atoms with Gasteiger partial charge in [-0.1, -0.05) is 12.1 Å². The van der Waals surface area contributed by atoms with E-state index >= 15 is 4.39 Å². The Morgan fingerprint density at radius 3 is 1.84 bits per heavy atom. The second-order valence-electron chi connectivity index (χ2n) is 14.8. The number of carbonyl (C=O) groups excluding carboxylic acids is 6. The van der Waals surface area contributed by atoms with Crippen molar-refractivity contribution in [3.05, 3.63) is 35.4 Å². The Morgan fingerprint density at radius 1 is 0.672 bits per heavy atom. The highest BCUT2D eigenvalue weighted by Gasteiger charge is 2.56. The molecule has 61 heavy (non-hydrogen) atoms. The monoisotopic (exact) mass is 876 g/mol. The SMILES string of the molecule is CO[C@H]1O[C@H](CO[C@@H]2O[C@H](COC(=O)c3ccccc3C(=O)O[C@H]3C(F)O[C@@H]4COC(C)(C)O[C@H]4[C@@H]3OC(C)=O)[C@@H](OC(C)=O)[C@H](OC(C)=O)[C@H]2OC(C)=O)[C@@H](O)[C@H](O)[C@H]1O. The van der Waals surface area contributed by atoms with Crippen LogP contribution >= 0.6 is 0 Å². The number of halogens is 1. The summed E-state index contributed by atoms with van der Waals surface area (Å²) in [6.07, 6.45) is -24.0. The van der Waals surface area contributed by atoms with E-state index in [0.717, 1.165) is 27.7 Å². The molecule has 0 bridgehead atoms. The van der Waals surface area contributed by atoms with Crippen molar-refractivity contribution in [3.63, 3.8) is 0 Å². The molecule has 340 valence electrons. The zero-order valence-electron chi connectivity index (χ0n) is 34.1. The molecule has 5 rings (SSSR count). The molecule has 0 amide bonds. The Labute approximate surface area is 347 Å². The van der Waals surface area contributed by atoms with Crippen LogP contribution in [0.3, 0.4) is 0 Å². The van der Waals surface area contributed by atoms with Crippen LogP contribution in [0.4, 0.5) is 4.39 Å². The summed E-state index contributed by atoms with van der Waals surface area (Å²) in [5.41, 5.74) is -0.844. The van der Waals surface area contributed by atoms with Crippen LogP contribution in [0, 0.1) is 0 Å². The van der Waals surface area contributed by atoms with Gasteiger partial charge in [0.1, 0.15) is 49.3 Å². The molecule has 0 aromatic heterocycles. The molecule has 4 aliphatic rings. The largest absolute Gasteiger partial charge is 0.459 e. The fourth-order valence-electron chi connectivity index (χ4n) is 7.06. The molecule has 4 saturated heterocycles. The zero-order valence-corrected chi connectivity index (χ0v) is 34.1. The molecule has 15 atom stereocenters. The number of aliphatic hydroxyl groups is 3. The Balaban J connectivity index is 1.38. The number of hydrogen-bond acceptors (Lipinski definition) is 22. The first-order valence-electron chi connectivity index (χ1n) is 19.0. The van der Waals surface area contributed by atoms with Crippen LogP contribution in [0.25, 0.3) is 0 Å². The van der Waals surface area contributed by atoms with Crippen LogP contribution in [-0.2, 0) is 80.8 Å². The molecule has 0 spiro atoms. The van der Waals surface area contributed by atoms with Crippen molar-refractivity contribution in [2.75, 3.05) is 26.9 Å². The van der Waals surface area contributed by atoms with Crippen molar-refractivity contribution in [3.8, 4) is 0 Å². The molecule has 4 heterocycles. The number of benzene rings is 1. The lowest BCUT2D eigenvalue weighted by Gasteiger charge is -2.48. The van der Waals surface area contributed by atoms with Crippen molar-refractivity contribution < 1.29 is 110 Å². The van der Waals surface area contributed by atoms with E-state index in [0.29, 0.717) is 0 Å². The van der Waals surface area contributed by atoms with E-state index in [1.807, 2.05) is 0 Å². The Kier molecular flexibility index (Phi) is 15.7. The van der Waals surface area contributed by atoms with Gasteiger partial charge in [-0.25, -0.2) is 14.0 Å². The number of fused-ring (bicyclic) bond motifs is 1. The highest BCUT2D eigenvalue weighted by Crippen LogP contribution is 2.36. The molecule has 4 aliphatic heterocycles. The van der Waals surface area contributed by atoms with Gasteiger partial charge in [0.05, 0.1) is 24.3 Å². The van der Waals surface area contributed by atoms with Gasteiger partial charge in [0.25, 0.3) is 0 Å². The van der Waals surface area contributed by atoms with Gasteiger partial charge in [-0.3, -0.25) is 19.2 Å². The number of carbonyl (C=O) groups is 6. The van der Waals surface area contributed by atoms with Crippen LogP contribution in [0.15, 0.2) is 24.3 Å². The first-order valence-corrected chi connectivity index (χ1v) is 19.0. The summed E-state index contributed by atoms with van der Waals surface area (Å²) >= 11 is 0. The quantitative estimate of drug-likeness (QED) is 0.160. The van der Waals surface area contributed by atoms with Crippen molar-refractivity contribution in [1.82, 2.24) is 0 Å². The Bertz CT molecular complexity index is 1760. The van der Waals surface area contributed by atoms with E-state index in [1.165, 1.54) is 31.4 Å². The molecule has 1 unspecified atom stereocenters. The predicted molar refractivity (Wildman–Crippen MR) is 191 cm³/mol. The van der Waals surface area contributed by atoms with Gasteiger partial charge >= 0.3 is 35.8 Å². The summed E-state index contributed by atoms with van der Waals surface area (Å²) < 4.78 is 87.3.